The zero-order valence-corrected chi connectivity index (χ0v) is 18.1. The fourth-order valence-electron chi connectivity index (χ4n) is 5.09. The molecule has 0 spiro atoms. The second kappa shape index (κ2) is 8.01. The highest BCUT2D eigenvalue weighted by Gasteiger charge is 2.39. The Kier molecular flexibility index (Phi) is 6.03. The van der Waals surface area contributed by atoms with Gasteiger partial charge < -0.3 is 15.4 Å². The van der Waals surface area contributed by atoms with Crippen LogP contribution in [0.1, 0.15) is 65.5 Å². The molecule has 1 aromatic rings. The summed E-state index contributed by atoms with van der Waals surface area (Å²) in [6.07, 6.45) is 2.39. The van der Waals surface area contributed by atoms with Crippen molar-refractivity contribution < 1.29 is 9.53 Å². The predicted molar refractivity (Wildman–Crippen MR) is 112 cm³/mol. The first-order chi connectivity index (χ1) is 13.1. The smallest absolute Gasteiger partial charge is 0.220 e. The number of hydrazine groups is 1. The second-order valence-electron chi connectivity index (χ2n) is 9.76. The van der Waals surface area contributed by atoms with Gasteiger partial charge in [0.15, 0.2) is 0 Å². The van der Waals surface area contributed by atoms with E-state index in [9.17, 15) is 4.79 Å². The van der Waals surface area contributed by atoms with Crippen LogP contribution in [0.25, 0.3) is 0 Å². The third-order valence-corrected chi connectivity index (χ3v) is 5.99. The summed E-state index contributed by atoms with van der Waals surface area (Å²) in [6, 6.07) is 8.60. The summed E-state index contributed by atoms with van der Waals surface area (Å²) in [6.45, 7) is 11.0. The maximum Gasteiger partial charge on any atom is 0.220 e. The van der Waals surface area contributed by atoms with E-state index in [1.807, 2.05) is 12.1 Å². The van der Waals surface area contributed by atoms with Gasteiger partial charge in [-0.2, -0.15) is 0 Å². The molecule has 6 heteroatoms. The van der Waals surface area contributed by atoms with Gasteiger partial charge in [-0.25, -0.2) is 5.43 Å². The van der Waals surface area contributed by atoms with E-state index in [-0.39, 0.29) is 41.0 Å². The van der Waals surface area contributed by atoms with E-state index in [0.29, 0.717) is 6.42 Å². The van der Waals surface area contributed by atoms with E-state index in [2.05, 4.69) is 68.2 Å². The zero-order valence-electron chi connectivity index (χ0n) is 18.1. The Hall–Kier alpha value is -1.63. The molecule has 2 aliphatic heterocycles. The summed E-state index contributed by atoms with van der Waals surface area (Å²) in [4.78, 5) is 12.9. The second-order valence-corrected chi connectivity index (χ2v) is 9.76. The third kappa shape index (κ3) is 5.04. The lowest BCUT2D eigenvalue weighted by Crippen LogP contribution is -2.62. The van der Waals surface area contributed by atoms with Gasteiger partial charge in [-0.3, -0.25) is 10.2 Å². The number of nitrogens with one attached hydrogen (secondary N) is 4. The molecule has 156 valence electrons. The van der Waals surface area contributed by atoms with E-state index in [1.165, 1.54) is 5.56 Å². The first-order valence-corrected chi connectivity index (χ1v) is 10.3. The Morgan fingerprint density at radius 1 is 1.11 bits per heavy atom. The van der Waals surface area contributed by atoms with Gasteiger partial charge in [-0.15, -0.1) is 0 Å². The van der Waals surface area contributed by atoms with Gasteiger partial charge in [-0.1, -0.05) is 12.1 Å². The van der Waals surface area contributed by atoms with Crippen molar-refractivity contribution in [1.82, 2.24) is 21.5 Å². The monoisotopic (exact) mass is 388 g/mol. The van der Waals surface area contributed by atoms with Crippen molar-refractivity contribution in [3.8, 4) is 5.75 Å². The van der Waals surface area contributed by atoms with E-state index in [4.69, 9.17) is 4.74 Å². The van der Waals surface area contributed by atoms with Crippen LogP contribution in [0, 0.1) is 5.92 Å². The number of ether oxygens (including phenoxy) is 1. The van der Waals surface area contributed by atoms with Crippen LogP contribution in [0.5, 0.6) is 5.75 Å². The SMILES string of the molecule is COc1ccc(C2NNC(C)C2CC(=O)NC2CC(C)(C)NC(C)(C)C2)cc1. The van der Waals surface area contributed by atoms with Crippen LogP contribution >= 0.6 is 0 Å². The molecule has 3 unspecified atom stereocenters. The number of hydrogen-bond acceptors (Lipinski definition) is 5. The maximum absolute atomic E-state index is 12.9. The fraction of sp³-hybridized carbons (Fsp3) is 0.682. The number of methoxy groups -OCH3 is 1. The van der Waals surface area contributed by atoms with Crippen molar-refractivity contribution in [3.63, 3.8) is 0 Å². The Morgan fingerprint density at radius 3 is 2.29 bits per heavy atom. The number of amides is 1. The molecule has 3 atom stereocenters. The standard InChI is InChI=1S/C22H36N4O2/c1-14-18(20(25-24-14)15-7-9-17(28-6)10-8-15)11-19(27)23-16-12-21(2,3)26-22(4,5)13-16/h7-10,14,16,18,20,24-26H,11-13H2,1-6H3,(H,23,27). The van der Waals surface area contributed by atoms with E-state index >= 15 is 0 Å². The topological polar surface area (TPSA) is 74.4 Å². The number of benzene rings is 1. The molecule has 0 radical (unpaired) electrons. The maximum atomic E-state index is 12.9. The highest BCUT2D eigenvalue weighted by Crippen LogP contribution is 2.33. The molecule has 4 N–H and O–H groups in total. The van der Waals surface area contributed by atoms with E-state index in [1.54, 1.807) is 7.11 Å². The van der Waals surface area contributed by atoms with Crippen LogP contribution < -0.4 is 26.2 Å². The van der Waals surface area contributed by atoms with Gasteiger partial charge in [-0.05, 0) is 65.2 Å². The molecule has 1 aromatic carbocycles. The lowest BCUT2D eigenvalue weighted by Gasteiger charge is -2.46. The minimum atomic E-state index is 0.0229. The fourth-order valence-corrected chi connectivity index (χ4v) is 5.09. The van der Waals surface area contributed by atoms with Crippen molar-refractivity contribution >= 4 is 5.91 Å². The molecule has 3 rings (SSSR count). The molecule has 1 amide bonds. The summed E-state index contributed by atoms with van der Waals surface area (Å²) in [5.41, 5.74) is 7.89. The molecule has 0 aliphatic carbocycles. The van der Waals surface area contributed by atoms with Gasteiger partial charge in [0, 0.05) is 35.5 Å². The number of hydrogen-bond donors (Lipinski definition) is 4. The number of carbonyl (C=O) groups excluding carboxylic acids is 1. The van der Waals surface area contributed by atoms with Crippen molar-refractivity contribution in [3.05, 3.63) is 29.8 Å². The molecular formula is C22H36N4O2. The molecule has 2 fully saturated rings. The molecular weight excluding hydrogens is 352 g/mol. The summed E-state index contributed by atoms with van der Waals surface area (Å²) < 4.78 is 5.26. The number of rotatable bonds is 5. The summed E-state index contributed by atoms with van der Waals surface area (Å²) >= 11 is 0. The lowest BCUT2D eigenvalue weighted by molar-refractivity contribution is -0.123. The zero-order chi connectivity index (χ0) is 20.5. The minimum Gasteiger partial charge on any atom is -0.497 e. The quantitative estimate of drug-likeness (QED) is 0.624. The third-order valence-electron chi connectivity index (χ3n) is 5.99. The Morgan fingerprint density at radius 2 is 1.71 bits per heavy atom. The molecule has 28 heavy (non-hydrogen) atoms. The first-order valence-electron chi connectivity index (χ1n) is 10.3. The highest BCUT2D eigenvalue weighted by molar-refractivity contribution is 5.76. The van der Waals surface area contributed by atoms with Crippen LogP contribution in [0.3, 0.4) is 0 Å². The average molecular weight is 389 g/mol. The van der Waals surface area contributed by atoms with Crippen LogP contribution in [0.4, 0.5) is 0 Å². The molecule has 6 nitrogen and oxygen atoms in total. The number of carbonyl (C=O) groups is 1. The predicted octanol–water partition coefficient (Wildman–Crippen LogP) is 2.66. The first kappa shape index (κ1) is 21.1. The molecule has 2 aliphatic rings. The van der Waals surface area contributed by atoms with Crippen LogP contribution in [0.2, 0.25) is 0 Å². The van der Waals surface area contributed by atoms with Gasteiger partial charge in [0.1, 0.15) is 5.75 Å². The molecule has 0 saturated carbocycles. The van der Waals surface area contributed by atoms with Crippen molar-refractivity contribution in [2.24, 2.45) is 5.92 Å². The van der Waals surface area contributed by atoms with E-state index in [0.717, 1.165) is 18.6 Å². The Bertz CT molecular complexity index is 670. The van der Waals surface area contributed by atoms with E-state index < -0.39 is 0 Å². The normalized spacial score (nSPS) is 29.4. The molecule has 2 saturated heterocycles. The summed E-state index contributed by atoms with van der Waals surface area (Å²) in [7, 11) is 1.67. The van der Waals surface area contributed by atoms with Gasteiger partial charge in [0.25, 0.3) is 0 Å². The molecule has 0 bridgehead atoms. The number of piperidine rings is 1. The minimum absolute atomic E-state index is 0.0229. The van der Waals surface area contributed by atoms with Crippen molar-refractivity contribution in [2.75, 3.05) is 7.11 Å². The van der Waals surface area contributed by atoms with Gasteiger partial charge in [0.05, 0.1) is 13.2 Å². The summed E-state index contributed by atoms with van der Waals surface area (Å²) in [5.74, 6) is 1.17. The highest BCUT2D eigenvalue weighted by atomic mass is 16.5. The van der Waals surface area contributed by atoms with Crippen molar-refractivity contribution in [1.29, 1.82) is 0 Å². The van der Waals surface area contributed by atoms with Crippen LogP contribution in [-0.4, -0.2) is 36.2 Å². The van der Waals surface area contributed by atoms with Gasteiger partial charge >= 0.3 is 0 Å². The Labute approximate surface area is 169 Å². The molecule has 0 aromatic heterocycles. The molecule has 2 heterocycles. The Balaban J connectivity index is 1.64. The van der Waals surface area contributed by atoms with Crippen LogP contribution in [-0.2, 0) is 4.79 Å². The van der Waals surface area contributed by atoms with Crippen LogP contribution in [0.15, 0.2) is 24.3 Å². The lowest BCUT2D eigenvalue weighted by atomic mass is 9.79. The largest absolute Gasteiger partial charge is 0.497 e. The van der Waals surface area contributed by atoms with Gasteiger partial charge in [0.2, 0.25) is 5.91 Å². The van der Waals surface area contributed by atoms with Crippen molar-refractivity contribution in [2.45, 2.75) is 83.1 Å². The summed E-state index contributed by atoms with van der Waals surface area (Å²) in [5, 5.41) is 6.99. The average Bonchev–Trinajstić information content (AvgIpc) is 2.92.